The third-order valence-corrected chi connectivity index (χ3v) is 5.56. The van der Waals surface area contributed by atoms with E-state index in [1.165, 1.54) is 11.6 Å². The van der Waals surface area contributed by atoms with Gasteiger partial charge in [-0.25, -0.2) is 4.39 Å². The highest BCUT2D eigenvalue weighted by molar-refractivity contribution is 5.95. The van der Waals surface area contributed by atoms with Gasteiger partial charge in [-0.3, -0.25) is 9.59 Å². The molecule has 7 heteroatoms. The fraction of sp³-hybridized carbons (Fsp3) is 0.391. The summed E-state index contributed by atoms with van der Waals surface area (Å²) in [7, 11) is 0. The molecule has 1 fully saturated rings. The van der Waals surface area contributed by atoms with Crippen molar-refractivity contribution in [3.8, 4) is 11.1 Å². The van der Waals surface area contributed by atoms with Gasteiger partial charge < -0.3 is 16.0 Å². The molecule has 30 heavy (non-hydrogen) atoms. The number of hydrogen-bond donors (Lipinski definition) is 2. The van der Waals surface area contributed by atoms with Crippen molar-refractivity contribution < 1.29 is 14.0 Å². The second kappa shape index (κ2) is 10.5. The normalized spacial score (nSPS) is 16.0. The molecule has 2 aromatic carbocycles. The molecule has 0 saturated carbocycles. The Morgan fingerprint density at radius 3 is 2.50 bits per heavy atom. The van der Waals surface area contributed by atoms with Crippen LogP contribution in [0, 0.1) is 25.6 Å². The maximum absolute atomic E-state index is 14.8. The van der Waals surface area contributed by atoms with Gasteiger partial charge in [-0.15, -0.1) is 12.4 Å². The molecule has 1 atom stereocenters. The minimum Gasteiger partial charge on any atom is -0.355 e. The predicted octanol–water partition coefficient (Wildman–Crippen LogP) is 3.46. The lowest BCUT2D eigenvalue weighted by Crippen LogP contribution is -2.46. The molecule has 2 amide bonds. The highest BCUT2D eigenvalue weighted by Gasteiger charge is 2.29. The number of nitrogens with one attached hydrogen (secondary N) is 1. The first-order valence-electron chi connectivity index (χ1n) is 10.0. The lowest BCUT2D eigenvalue weighted by Gasteiger charge is -2.32. The van der Waals surface area contributed by atoms with Gasteiger partial charge in [-0.1, -0.05) is 24.3 Å². The minimum atomic E-state index is -0.541. The van der Waals surface area contributed by atoms with Crippen LogP contribution in [0.5, 0.6) is 0 Å². The molecule has 1 unspecified atom stereocenters. The van der Waals surface area contributed by atoms with E-state index in [9.17, 15) is 14.0 Å². The molecule has 162 valence electrons. The smallest absolute Gasteiger partial charge is 0.256 e. The van der Waals surface area contributed by atoms with Crippen LogP contribution in [0.2, 0.25) is 0 Å². The highest BCUT2D eigenvalue weighted by Crippen LogP contribution is 2.26. The Balaban J connectivity index is 0.00000320. The quantitative estimate of drug-likeness (QED) is 0.758. The average Bonchev–Trinajstić information content (AvgIpc) is 2.73. The van der Waals surface area contributed by atoms with Crippen LogP contribution >= 0.6 is 12.4 Å². The first kappa shape index (κ1) is 23.8. The molecule has 1 saturated heterocycles. The van der Waals surface area contributed by atoms with Gasteiger partial charge in [0, 0.05) is 26.2 Å². The number of carbonyl (C=O) groups excluding carboxylic acids is 2. The number of nitrogens with zero attached hydrogens (tertiary/aromatic N) is 1. The second-order valence-electron chi connectivity index (χ2n) is 7.66. The van der Waals surface area contributed by atoms with E-state index < -0.39 is 5.82 Å². The van der Waals surface area contributed by atoms with Gasteiger partial charge in [-0.05, 0) is 61.1 Å². The minimum absolute atomic E-state index is 0. The van der Waals surface area contributed by atoms with E-state index in [2.05, 4.69) is 5.32 Å². The summed E-state index contributed by atoms with van der Waals surface area (Å²) in [6.07, 6.45) is 1.43. The van der Waals surface area contributed by atoms with E-state index in [0.717, 1.165) is 23.1 Å². The van der Waals surface area contributed by atoms with Crippen LogP contribution in [-0.4, -0.2) is 42.9 Å². The van der Waals surface area contributed by atoms with E-state index in [1.54, 1.807) is 17.0 Å². The topological polar surface area (TPSA) is 75.4 Å². The summed E-state index contributed by atoms with van der Waals surface area (Å²) >= 11 is 0. The number of benzene rings is 2. The Kier molecular flexibility index (Phi) is 8.38. The highest BCUT2D eigenvalue weighted by atomic mass is 35.5. The molecule has 3 N–H and O–H groups in total. The monoisotopic (exact) mass is 433 g/mol. The standard InChI is InChI=1S/C23H28FN3O2.ClH/c1-15-5-6-17(12-16(15)2)18-7-8-20(21(24)13-18)23(29)27-11-3-4-19(14-27)22(28)26-10-9-25;/h5-8,12-13,19H,3-4,9-11,14,25H2,1-2H3,(H,26,28);1H. The van der Waals surface area contributed by atoms with Crippen LogP contribution in [0.15, 0.2) is 36.4 Å². The summed E-state index contributed by atoms with van der Waals surface area (Å²) in [4.78, 5) is 26.7. The predicted molar refractivity (Wildman–Crippen MR) is 119 cm³/mol. The molecule has 0 aromatic heterocycles. The van der Waals surface area contributed by atoms with Crippen LogP contribution in [0.1, 0.15) is 34.3 Å². The zero-order chi connectivity index (χ0) is 21.0. The van der Waals surface area contributed by atoms with Crippen molar-refractivity contribution in [3.05, 3.63) is 58.9 Å². The Morgan fingerprint density at radius 1 is 1.13 bits per heavy atom. The van der Waals surface area contributed by atoms with Crippen LogP contribution in [0.3, 0.4) is 0 Å². The van der Waals surface area contributed by atoms with Crippen LogP contribution < -0.4 is 11.1 Å². The number of likely N-dealkylation sites (tertiary alicyclic amines) is 1. The fourth-order valence-electron chi connectivity index (χ4n) is 3.67. The summed E-state index contributed by atoms with van der Waals surface area (Å²) < 4.78 is 14.8. The van der Waals surface area contributed by atoms with Gasteiger partial charge >= 0.3 is 0 Å². The second-order valence-corrected chi connectivity index (χ2v) is 7.66. The molecule has 5 nitrogen and oxygen atoms in total. The average molecular weight is 434 g/mol. The lowest BCUT2D eigenvalue weighted by atomic mass is 9.95. The Morgan fingerprint density at radius 2 is 1.83 bits per heavy atom. The SMILES string of the molecule is Cc1ccc(-c2ccc(C(=O)N3CCCC(C(=O)NCCN)C3)c(F)c2)cc1C.Cl. The van der Waals surface area contributed by atoms with Crippen molar-refractivity contribution in [2.45, 2.75) is 26.7 Å². The molecular formula is C23H29ClFN3O2. The number of halogens is 2. The molecule has 1 aliphatic heterocycles. The number of piperidine rings is 1. The molecule has 0 aliphatic carbocycles. The zero-order valence-electron chi connectivity index (χ0n) is 17.4. The summed E-state index contributed by atoms with van der Waals surface area (Å²) in [6.45, 7) is 5.66. The van der Waals surface area contributed by atoms with Crippen molar-refractivity contribution in [2.75, 3.05) is 26.2 Å². The number of rotatable bonds is 5. The summed E-state index contributed by atoms with van der Waals surface area (Å²) in [5.74, 6) is -1.29. The van der Waals surface area contributed by atoms with E-state index >= 15 is 0 Å². The van der Waals surface area contributed by atoms with Gasteiger partial charge in [0.2, 0.25) is 5.91 Å². The van der Waals surface area contributed by atoms with E-state index in [1.807, 2.05) is 32.0 Å². The molecule has 0 radical (unpaired) electrons. The molecule has 3 rings (SSSR count). The Hall–Kier alpha value is -2.44. The summed E-state index contributed by atoms with van der Waals surface area (Å²) in [5, 5.41) is 2.77. The van der Waals surface area contributed by atoms with Gasteiger partial charge in [-0.2, -0.15) is 0 Å². The third kappa shape index (κ3) is 5.37. The van der Waals surface area contributed by atoms with E-state index in [0.29, 0.717) is 32.6 Å². The lowest BCUT2D eigenvalue weighted by molar-refractivity contribution is -0.126. The van der Waals surface area contributed by atoms with Crippen LogP contribution in [-0.2, 0) is 4.79 Å². The third-order valence-electron chi connectivity index (χ3n) is 5.56. The number of nitrogens with two attached hydrogens (primary N) is 1. The number of aryl methyl sites for hydroxylation is 2. The summed E-state index contributed by atoms with van der Waals surface area (Å²) in [5.41, 5.74) is 9.43. The maximum atomic E-state index is 14.8. The van der Waals surface area contributed by atoms with Crippen LogP contribution in [0.4, 0.5) is 4.39 Å². The van der Waals surface area contributed by atoms with Crippen molar-refractivity contribution in [1.82, 2.24) is 10.2 Å². The molecule has 1 aliphatic rings. The largest absolute Gasteiger partial charge is 0.355 e. The van der Waals surface area contributed by atoms with Crippen molar-refractivity contribution in [2.24, 2.45) is 11.7 Å². The van der Waals surface area contributed by atoms with E-state index in [4.69, 9.17) is 5.73 Å². The molecular weight excluding hydrogens is 405 g/mol. The van der Waals surface area contributed by atoms with Crippen LogP contribution in [0.25, 0.3) is 11.1 Å². The first-order valence-corrected chi connectivity index (χ1v) is 10.0. The molecule has 2 aromatic rings. The van der Waals surface area contributed by atoms with Gasteiger partial charge in [0.25, 0.3) is 5.91 Å². The molecule has 0 bridgehead atoms. The number of carbonyl (C=O) groups is 2. The number of amides is 2. The number of hydrogen-bond acceptors (Lipinski definition) is 3. The molecule has 1 heterocycles. The van der Waals surface area contributed by atoms with Gasteiger partial charge in [0.15, 0.2) is 0 Å². The van der Waals surface area contributed by atoms with E-state index in [-0.39, 0.29) is 35.7 Å². The van der Waals surface area contributed by atoms with Gasteiger partial charge in [0.1, 0.15) is 5.82 Å². The maximum Gasteiger partial charge on any atom is 0.256 e. The first-order chi connectivity index (χ1) is 13.9. The fourth-order valence-corrected chi connectivity index (χ4v) is 3.67. The Labute approximate surface area is 183 Å². The van der Waals surface area contributed by atoms with Crippen molar-refractivity contribution >= 4 is 24.2 Å². The summed E-state index contributed by atoms with van der Waals surface area (Å²) in [6, 6.07) is 10.7. The van der Waals surface area contributed by atoms with Crippen molar-refractivity contribution in [1.29, 1.82) is 0 Å². The van der Waals surface area contributed by atoms with Crippen molar-refractivity contribution in [3.63, 3.8) is 0 Å². The Bertz CT molecular complexity index is 919. The zero-order valence-corrected chi connectivity index (χ0v) is 18.2. The van der Waals surface area contributed by atoms with Gasteiger partial charge in [0.05, 0.1) is 11.5 Å². The molecule has 0 spiro atoms.